The molecule has 148 valence electrons. The van der Waals surface area contributed by atoms with E-state index in [1.54, 1.807) is 30.2 Å². The number of benzene rings is 1. The first kappa shape index (κ1) is 18.3. The van der Waals surface area contributed by atoms with E-state index in [0.717, 1.165) is 12.8 Å². The van der Waals surface area contributed by atoms with Gasteiger partial charge in [-0.1, -0.05) is 0 Å². The van der Waals surface area contributed by atoms with Crippen molar-refractivity contribution in [2.24, 2.45) is 0 Å². The number of nitrogens with zero attached hydrogens (tertiary/aromatic N) is 2. The molecule has 8 heteroatoms. The van der Waals surface area contributed by atoms with Crippen molar-refractivity contribution in [3.63, 3.8) is 0 Å². The topological polar surface area (TPSA) is 93.9 Å². The number of likely N-dealkylation sites (tertiary alicyclic amines) is 1. The highest BCUT2D eigenvalue weighted by Crippen LogP contribution is 2.29. The Morgan fingerprint density at radius 3 is 2.64 bits per heavy atom. The normalized spacial score (nSPS) is 17.2. The molecule has 1 aromatic carbocycles. The number of rotatable bonds is 6. The van der Waals surface area contributed by atoms with E-state index in [9.17, 15) is 9.59 Å². The molecule has 2 aliphatic rings. The maximum atomic E-state index is 12.5. The molecule has 1 saturated carbocycles. The molecule has 2 aromatic rings. The molecule has 1 N–H and O–H groups in total. The van der Waals surface area contributed by atoms with Gasteiger partial charge in [0, 0.05) is 38.0 Å². The second-order valence-corrected chi connectivity index (χ2v) is 7.08. The largest absolute Gasteiger partial charge is 0.497 e. The Hall–Kier alpha value is -3.03. The second kappa shape index (κ2) is 7.92. The van der Waals surface area contributed by atoms with Gasteiger partial charge in [-0.05, 0) is 25.0 Å². The van der Waals surface area contributed by atoms with Gasteiger partial charge in [0.2, 0.25) is 5.76 Å². The highest BCUT2D eigenvalue weighted by molar-refractivity contribution is 5.97. The van der Waals surface area contributed by atoms with Crippen molar-refractivity contribution in [2.45, 2.75) is 37.8 Å². The number of nitrogens with one attached hydrogen (secondary N) is 1. The Morgan fingerprint density at radius 1 is 1.21 bits per heavy atom. The lowest BCUT2D eigenvalue weighted by Crippen LogP contribution is -2.41. The maximum Gasteiger partial charge on any atom is 0.291 e. The van der Waals surface area contributed by atoms with Crippen molar-refractivity contribution in [3.05, 3.63) is 42.1 Å². The summed E-state index contributed by atoms with van der Waals surface area (Å²) in [6.45, 7) is 1.11. The lowest BCUT2D eigenvalue weighted by atomic mass is 10.1. The van der Waals surface area contributed by atoms with Gasteiger partial charge in [-0.2, -0.15) is 0 Å². The van der Waals surface area contributed by atoms with Crippen LogP contribution in [-0.2, 0) is 0 Å². The number of aromatic nitrogens is 1. The summed E-state index contributed by atoms with van der Waals surface area (Å²) in [6, 6.07) is 5.50. The molecule has 1 aliphatic carbocycles. The van der Waals surface area contributed by atoms with Crippen molar-refractivity contribution in [2.75, 3.05) is 20.2 Å². The van der Waals surface area contributed by atoms with Gasteiger partial charge in [0.15, 0.2) is 6.39 Å². The molecular weight excluding hydrogens is 362 g/mol. The van der Waals surface area contributed by atoms with E-state index in [4.69, 9.17) is 13.9 Å². The predicted octanol–water partition coefficient (Wildman–Crippen LogP) is 2.26. The van der Waals surface area contributed by atoms with Gasteiger partial charge in [0.25, 0.3) is 11.8 Å². The first-order valence-electron chi connectivity index (χ1n) is 9.47. The van der Waals surface area contributed by atoms with Crippen molar-refractivity contribution in [1.82, 2.24) is 15.2 Å². The lowest BCUT2D eigenvalue weighted by molar-refractivity contribution is 0.0565. The Kier molecular flexibility index (Phi) is 5.18. The van der Waals surface area contributed by atoms with Crippen LogP contribution in [0.3, 0.4) is 0 Å². The van der Waals surface area contributed by atoms with Gasteiger partial charge in [-0.3, -0.25) is 9.59 Å². The molecule has 0 spiro atoms. The molecule has 2 heterocycles. The van der Waals surface area contributed by atoms with Crippen LogP contribution in [0.15, 0.2) is 35.2 Å². The standard InChI is InChI=1S/C20H23N3O5/c1-26-15-4-5-16(19(24)22-13-2-3-13)17(10-15)28-14-6-8-23(9-7-14)20(25)18-11-21-12-27-18/h4-5,10-14H,2-3,6-9H2,1H3,(H,22,24). The van der Waals surface area contributed by atoms with Gasteiger partial charge in [-0.15, -0.1) is 0 Å². The fraction of sp³-hybridized carbons (Fsp3) is 0.450. The van der Waals surface area contributed by atoms with Crippen LogP contribution in [0, 0.1) is 0 Å². The number of hydrogen-bond donors (Lipinski definition) is 1. The molecule has 0 bridgehead atoms. The zero-order valence-electron chi connectivity index (χ0n) is 15.7. The van der Waals surface area contributed by atoms with Crippen LogP contribution in [0.5, 0.6) is 11.5 Å². The molecule has 1 saturated heterocycles. The average Bonchev–Trinajstić information content (AvgIpc) is 3.36. The number of piperidine rings is 1. The third-order valence-electron chi connectivity index (χ3n) is 5.01. The minimum absolute atomic E-state index is 0.0849. The minimum Gasteiger partial charge on any atom is -0.497 e. The Morgan fingerprint density at radius 2 is 2.00 bits per heavy atom. The Bertz CT molecular complexity index is 840. The van der Waals surface area contributed by atoms with E-state index >= 15 is 0 Å². The Labute approximate surface area is 162 Å². The van der Waals surface area contributed by atoms with Crippen LogP contribution >= 0.6 is 0 Å². The second-order valence-electron chi connectivity index (χ2n) is 7.08. The number of hydrogen-bond acceptors (Lipinski definition) is 6. The first-order valence-corrected chi connectivity index (χ1v) is 9.47. The van der Waals surface area contributed by atoms with E-state index in [1.165, 1.54) is 12.6 Å². The molecule has 4 rings (SSSR count). The van der Waals surface area contributed by atoms with Crippen molar-refractivity contribution < 1.29 is 23.5 Å². The summed E-state index contributed by atoms with van der Waals surface area (Å²) < 4.78 is 16.5. The van der Waals surface area contributed by atoms with Gasteiger partial charge < -0.3 is 24.1 Å². The van der Waals surface area contributed by atoms with E-state index in [-0.39, 0.29) is 29.7 Å². The molecule has 0 unspecified atom stereocenters. The van der Waals surface area contributed by atoms with Gasteiger partial charge in [0.1, 0.15) is 17.6 Å². The number of carbonyl (C=O) groups excluding carboxylic acids is 2. The van der Waals surface area contributed by atoms with E-state index in [0.29, 0.717) is 43.0 Å². The third-order valence-corrected chi connectivity index (χ3v) is 5.01. The summed E-state index contributed by atoms with van der Waals surface area (Å²) in [4.78, 5) is 30.4. The van der Waals surface area contributed by atoms with Gasteiger partial charge >= 0.3 is 0 Å². The van der Waals surface area contributed by atoms with Gasteiger partial charge in [-0.25, -0.2) is 4.98 Å². The average molecular weight is 385 g/mol. The van der Waals surface area contributed by atoms with Crippen LogP contribution in [0.2, 0.25) is 0 Å². The number of amides is 2. The number of ether oxygens (including phenoxy) is 2. The zero-order chi connectivity index (χ0) is 19.5. The fourth-order valence-electron chi connectivity index (χ4n) is 3.24. The molecule has 1 aliphatic heterocycles. The highest BCUT2D eigenvalue weighted by atomic mass is 16.5. The van der Waals surface area contributed by atoms with Crippen LogP contribution in [-0.4, -0.2) is 54.0 Å². The van der Waals surface area contributed by atoms with Gasteiger partial charge in [0.05, 0.1) is 18.9 Å². The van der Waals surface area contributed by atoms with Crippen molar-refractivity contribution >= 4 is 11.8 Å². The van der Waals surface area contributed by atoms with Crippen LogP contribution in [0.4, 0.5) is 0 Å². The van der Waals surface area contributed by atoms with Crippen molar-refractivity contribution in [3.8, 4) is 11.5 Å². The van der Waals surface area contributed by atoms with Crippen molar-refractivity contribution in [1.29, 1.82) is 0 Å². The maximum absolute atomic E-state index is 12.5. The summed E-state index contributed by atoms with van der Waals surface area (Å²) in [5.74, 6) is 1.10. The number of methoxy groups -OCH3 is 1. The Balaban J connectivity index is 1.41. The summed E-state index contributed by atoms with van der Waals surface area (Å²) in [5.41, 5.74) is 0.507. The summed E-state index contributed by atoms with van der Waals surface area (Å²) >= 11 is 0. The number of oxazole rings is 1. The highest BCUT2D eigenvalue weighted by Gasteiger charge is 2.29. The monoisotopic (exact) mass is 385 g/mol. The van der Waals surface area contributed by atoms with Crippen LogP contribution < -0.4 is 14.8 Å². The molecule has 28 heavy (non-hydrogen) atoms. The third kappa shape index (κ3) is 4.11. The molecule has 8 nitrogen and oxygen atoms in total. The molecule has 0 radical (unpaired) electrons. The molecular formula is C20H23N3O5. The zero-order valence-corrected chi connectivity index (χ0v) is 15.7. The molecule has 2 amide bonds. The quantitative estimate of drug-likeness (QED) is 0.820. The predicted molar refractivity (Wildman–Crippen MR) is 99.5 cm³/mol. The number of carbonyl (C=O) groups is 2. The summed E-state index contributed by atoms with van der Waals surface area (Å²) in [5, 5.41) is 2.99. The molecule has 1 aromatic heterocycles. The fourth-order valence-corrected chi connectivity index (χ4v) is 3.24. The summed E-state index contributed by atoms with van der Waals surface area (Å²) in [7, 11) is 1.58. The lowest BCUT2D eigenvalue weighted by Gasteiger charge is -2.32. The molecule has 0 atom stereocenters. The van der Waals surface area contributed by atoms with E-state index in [2.05, 4.69) is 10.3 Å². The molecule has 2 fully saturated rings. The SMILES string of the molecule is COc1ccc(C(=O)NC2CC2)c(OC2CCN(C(=O)c3cnco3)CC2)c1. The van der Waals surface area contributed by atoms with E-state index in [1.807, 2.05) is 0 Å². The van der Waals surface area contributed by atoms with Crippen LogP contribution in [0.1, 0.15) is 46.6 Å². The summed E-state index contributed by atoms with van der Waals surface area (Å²) in [6.07, 6.45) is 5.97. The van der Waals surface area contributed by atoms with Crippen LogP contribution in [0.25, 0.3) is 0 Å². The van der Waals surface area contributed by atoms with E-state index < -0.39 is 0 Å². The smallest absolute Gasteiger partial charge is 0.291 e. The minimum atomic E-state index is -0.165. The first-order chi connectivity index (χ1) is 13.6.